The molecule has 2 aromatic rings. The van der Waals surface area contributed by atoms with E-state index in [4.69, 9.17) is 17.0 Å². The van der Waals surface area contributed by atoms with Crippen LogP contribution in [0.25, 0.3) is 11.1 Å². The number of pyridine rings is 2. The van der Waals surface area contributed by atoms with Crippen molar-refractivity contribution in [2.24, 2.45) is 4.99 Å². The molecule has 0 saturated carbocycles. The van der Waals surface area contributed by atoms with E-state index in [2.05, 4.69) is 37.6 Å². The zero-order valence-corrected chi connectivity index (χ0v) is 11.5. The molecular weight excluding hydrogens is 351 g/mol. The molecule has 0 radical (unpaired) electrons. The second-order valence-electron chi connectivity index (χ2n) is 3.18. The average molecular weight is 359 g/mol. The van der Waals surface area contributed by atoms with E-state index in [-0.39, 0.29) is 0 Å². The van der Waals surface area contributed by atoms with Crippen LogP contribution in [0.15, 0.2) is 35.6 Å². The molecule has 2 N–H and O–H groups in total. The normalized spacial score (nSPS) is 11.5. The summed E-state index contributed by atoms with van der Waals surface area (Å²) >= 11 is 8.18. The Kier molecular flexibility index (Phi) is 3.90. The molecule has 0 aliphatic rings. The Morgan fingerprint density at radius 3 is 3.00 bits per heavy atom. The van der Waals surface area contributed by atoms with E-state index in [1.807, 2.05) is 18.2 Å². The van der Waals surface area contributed by atoms with E-state index in [1.54, 1.807) is 12.4 Å². The van der Waals surface area contributed by atoms with Gasteiger partial charge < -0.3 is 4.98 Å². The summed E-state index contributed by atoms with van der Waals surface area (Å²) < 4.78 is 0.920. The van der Waals surface area contributed by atoms with Crippen LogP contribution in [0.1, 0.15) is 0 Å². The number of hydrogen-bond acceptors (Lipinski definition) is 2. The SMILES string of the molecule is N=C/N=c1\[nH]cc(-c2cccnc2Cl)cc1I. The van der Waals surface area contributed by atoms with E-state index in [1.165, 1.54) is 0 Å². The zero-order valence-electron chi connectivity index (χ0n) is 8.61. The summed E-state index contributed by atoms with van der Waals surface area (Å²) in [4.78, 5) is 10.9. The summed E-state index contributed by atoms with van der Waals surface area (Å²) in [5, 5.41) is 7.41. The molecule has 86 valence electrons. The number of halogens is 2. The van der Waals surface area contributed by atoms with Crippen molar-refractivity contribution in [1.29, 1.82) is 5.41 Å². The highest BCUT2D eigenvalue weighted by Gasteiger charge is 2.04. The summed E-state index contributed by atoms with van der Waals surface area (Å²) in [5.41, 5.74) is 2.46. The van der Waals surface area contributed by atoms with Crippen molar-refractivity contribution < 1.29 is 0 Å². The lowest BCUT2D eigenvalue weighted by atomic mass is 10.1. The first-order valence-electron chi connectivity index (χ1n) is 4.74. The van der Waals surface area contributed by atoms with E-state index in [0.717, 1.165) is 21.0 Å². The molecule has 0 spiro atoms. The number of nitrogens with one attached hydrogen (secondary N) is 2. The topological polar surface area (TPSA) is 64.9 Å². The van der Waals surface area contributed by atoms with Crippen LogP contribution in [0.4, 0.5) is 0 Å². The van der Waals surface area contributed by atoms with Crippen molar-refractivity contribution in [2.45, 2.75) is 0 Å². The Morgan fingerprint density at radius 2 is 2.35 bits per heavy atom. The monoisotopic (exact) mass is 358 g/mol. The van der Waals surface area contributed by atoms with Gasteiger partial charge in [-0.25, -0.2) is 9.98 Å². The van der Waals surface area contributed by atoms with E-state index in [0.29, 0.717) is 10.6 Å². The minimum atomic E-state index is 0.466. The fourth-order valence-corrected chi connectivity index (χ4v) is 2.24. The fourth-order valence-electron chi connectivity index (χ4n) is 1.38. The van der Waals surface area contributed by atoms with Gasteiger partial charge in [0.1, 0.15) is 17.0 Å². The standard InChI is InChI=1S/C11H8ClIN4/c12-10-8(2-1-3-15-10)7-4-9(13)11(16-5-7)17-6-14/h1-6H,(H2,14,16,17). The molecule has 2 rings (SSSR count). The molecule has 0 bridgehead atoms. The van der Waals surface area contributed by atoms with Gasteiger partial charge in [-0.3, -0.25) is 5.41 Å². The highest BCUT2D eigenvalue weighted by molar-refractivity contribution is 14.1. The third kappa shape index (κ3) is 2.73. The van der Waals surface area contributed by atoms with Crippen molar-refractivity contribution in [3.63, 3.8) is 0 Å². The molecule has 0 fully saturated rings. The highest BCUT2D eigenvalue weighted by Crippen LogP contribution is 2.24. The van der Waals surface area contributed by atoms with Gasteiger partial charge in [0.25, 0.3) is 0 Å². The second kappa shape index (κ2) is 5.42. The van der Waals surface area contributed by atoms with Crippen LogP contribution in [-0.4, -0.2) is 16.3 Å². The van der Waals surface area contributed by atoms with Crippen molar-refractivity contribution in [3.05, 3.63) is 44.8 Å². The van der Waals surface area contributed by atoms with Gasteiger partial charge in [0.15, 0.2) is 0 Å². The number of aromatic amines is 1. The van der Waals surface area contributed by atoms with Crippen LogP contribution >= 0.6 is 34.2 Å². The van der Waals surface area contributed by atoms with Gasteiger partial charge >= 0.3 is 0 Å². The zero-order chi connectivity index (χ0) is 12.3. The van der Waals surface area contributed by atoms with Gasteiger partial charge in [0.2, 0.25) is 0 Å². The van der Waals surface area contributed by atoms with E-state index in [9.17, 15) is 0 Å². The number of H-pyrrole nitrogens is 1. The predicted molar refractivity (Wildman–Crippen MR) is 76.1 cm³/mol. The lowest BCUT2D eigenvalue weighted by Crippen LogP contribution is -2.11. The van der Waals surface area contributed by atoms with E-state index < -0.39 is 0 Å². The Bertz CT molecular complexity index is 621. The molecule has 2 heterocycles. The number of nitrogens with zero attached hydrogens (tertiary/aromatic N) is 2. The number of hydrogen-bond donors (Lipinski definition) is 2. The minimum Gasteiger partial charge on any atom is -0.345 e. The molecule has 0 atom stereocenters. The lowest BCUT2D eigenvalue weighted by molar-refractivity contribution is 1.14. The number of rotatable bonds is 2. The van der Waals surface area contributed by atoms with Gasteiger partial charge in [0.05, 0.1) is 3.57 Å². The Labute approximate surface area is 116 Å². The predicted octanol–water partition coefficient (Wildman–Crippen LogP) is 2.84. The maximum atomic E-state index is 6.94. The second-order valence-corrected chi connectivity index (χ2v) is 4.71. The van der Waals surface area contributed by atoms with Crippen LogP contribution in [0, 0.1) is 8.98 Å². The molecule has 0 unspecified atom stereocenters. The number of aromatic nitrogens is 2. The van der Waals surface area contributed by atoms with Crippen molar-refractivity contribution >= 4 is 40.5 Å². The average Bonchev–Trinajstić information content (AvgIpc) is 2.33. The molecule has 4 nitrogen and oxygen atoms in total. The molecule has 6 heteroatoms. The maximum Gasteiger partial charge on any atom is 0.145 e. The molecule has 0 aromatic carbocycles. The van der Waals surface area contributed by atoms with Crippen molar-refractivity contribution in [1.82, 2.24) is 9.97 Å². The van der Waals surface area contributed by atoms with Crippen LogP contribution in [0.5, 0.6) is 0 Å². The lowest BCUT2D eigenvalue weighted by Gasteiger charge is -2.04. The van der Waals surface area contributed by atoms with Gasteiger partial charge in [0, 0.05) is 23.5 Å². The van der Waals surface area contributed by atoms with Gasteiger partial charge in [-0.2, -0.15) is 0 Å². The van der Waals surface area contributed by atoms with Gasteiger partial charge in [-0.05, 0) is 40.8 Å². The molecule has 0 saturated heterocycles. The summed E-state index contributed by atoms with van der Waals surface area (Å²) in [6.45, 7) is 0. The summed E-state index contributed by atoms with van der Waals surface area (Å²) in [6.07, 6.45) is 4.46. The molecule has 17 heavy (non-hydrogen) atoms. The van der Waals surface area contributed by atoms with Crippen LogP contribution in [0.2, 0.25) is 5.15 Å². The van der Waals surface area contributed by atoms with Crippen molar-refractivity contribution in [2.75, 3.05) is 0 Å². The fraction of sp³-hybridized carbons (Fsp3) is 0. The van der Waals surface area contributed by atoms with Crippen LogP contribution in [0.3, 0.4) is 0 Å². The quantitative estimate of drug-likeness (QED) is 0.369. The van der Waals surface area contributed by atoms with Gasteiger partial charge in [-0.1, -0.05) is 11.6 Å². The third-order valence-electron chi connectivity index (χ3n) is 2.14. The van der Waals surface area contributed by atoms with Crippen molar-refractivity contribution in [3.8, 4) is 11.1 Å². The maximum absolute atomic E-state index is 6.94. The first-order chi connectivity index (χ1) is 8.22. The molecule has 2 aromatic heterocycles. The molecule has 0 aliphatic heterocycles. The van der Waals surface area contributed by atoms with E-state index >= 15 is 0 Å². The highest BCUT2D eigenvalue weighted by atomic mass is 127. The van der Waals surface area contributed by atoms with Crippen LogP contribution in [-0.2, 0) is 0 Å². The minimum absolute atomic E-state index is 0.466. The Balaban J connectivity index is 2.56. The smallest absolute Gasteiger partial charge is 0.145 e. The third-order valence-corrected chi connectivity index (χ3v) is 3.26. The summed E-state index contributed by atoms with van der Waals surface area (Å²) in [5.74, 6) is 0. The largest absolute Gasteiger partial charge is 0.345 e. The molecular formula is C11H8ClIN4. The summed E-state index contributed by atoms with van der Waals surface area (Å²) in [7, 11) is 0. The Hall–Kier alpha value is -1.21. The first kappa shape index (κ1) is 12.3. The summed E-state index contributed by atoms with van der Waals surface area (Å²) in [6, 6.07) is 5.69. The first-order valence-corrected chi connectivity index (χ1v) is 6.20. The molecule has 0 aliphatic carbocycles. The van der Waals surface area contributed by atoms with Crippen LogP contribution < -0.4 is 5.49 Å². The molecule has 0 amide bonds. The Morgan fingerprint density at radius 1 is 1.53 bits per heavy atom. The van der Waals surface area contributed by atoms with Gasteiger partial charge in [-0.15, -0.1) is 0 Å².